The number of carbonyl (C=O) groups is 2. The number of rotatable bonds is 11. The van der Waals surface area contributed by atoms with Gasteiger partial charge in [0, 0.05) is 19.2 Å². The molecule has 0 radical (unpaired) electrons. The minimum Gasteiger partial charge on any atom is -0.494 e. The number of methoxy groups -OCH3 is 1. The summed E-state index contributed by atoms with van der Waals surface area (Å²) >= 11 is 12.2. The molecule has 1 amide bonds. The fourth-order valence-electron chi connectivity index (χ4n) is 3.38. The number of pyridine rings is 1. The third-order valence-electron chi connectivity index (χ3n) is 5.24. The van der Waals surface area contributed by atoms with Crippen molar-refractivity contribution in [3.8, 4) is 5.75 Å². The van der Waals surface area contributed by atoms with Gasteiger partial charge in [0.1, 0.15) is 17.6 Å². The van der Waals surface area contributed by atoms with Crippen molar-refractivity contribution in [3.05, 3.63) is 87.5 Å². The second-order valence-corrected chi connectivity index (χ2v) is 8.61. The van der Waals surface area contributed by atoms with Crippen LogP contribution in [-0.2, 0) is 16.0 Å². The first kappa shape index (κ1) is 26.3. The molecular weight excluding hydrogens is 489 g/mol. The van der Waals surface area contributed by atoms with Gasteiger partial charge in [0.15, 0.2) is 0 Å². The largest absolute Gasteiger partial charge is 0.494 e. The summed E-state index contributed by atoms with van der Waals surface area (Å²) in [6.45, 7) is 3.29. The van der Waals surface area contributed by atoms with E-state index in [2.05, 4.69) is 15.6 Å². The number of hydrogen-bond donors (Lipinski definition) is 2. The number of carbonyl (C=O) groups excluding carboxylic acids is 2. The lowest BCUT2D eigenvalue weighted by atomic mass is 10.0. The van der Waals surface area contributed by atoms with Crippen molar-refractivity contribution in [1.82, 2.24) is 10.3 Å². The summed E-state index contributed by atoms with van der Waals surface area (Å²) in [4.78, 5) is 29.3. The topological polar surface area (TPSA) is 89.6 Å². The third kappa shape index (κ3) is 7.60. The van der Waals surface area contributed by atoms with Crippen molar-refractivity contribution >= 4 is 40.9 Å². The highest BCUT2D eigenvalue weighted by Gasteiger charge is 2.25. The SMILES string of the molecule is COC(=O)[C@H](Cc1ccc(OCCCNc2ncccc2C)cc1)NC(=O)c1c(Cl)cccc1Cl. The number of halogens is 2. The third-order valence-corrected chi connectivity index (χ3v) is 5.87. The normalized spacial score (nSPS) is 11.4. The molecule has 7 nitrogen and oxygen atoms in total. The number of amides is 1. The van der Waals surface area contributed by atoms with Crippen LogP contribution < -0.4 is 15.4 Å². The summed E-state index contributed by atoms with van der Waals surface area (Å²) < 4.78 is 10.7. The van der Waals surface area contributed by atoms with Crippen molar-refractivity contribution in [2.24, 2.45) is 0 Å². The van der Waals surface area contributed by atoms with Crippen LogP contribution in [0.2, 0.25) is 10.0 Å². The van der Waals surface area contributed by atoms with E-state index in [1.807, 2.05) is 43.3 Å². The maximum Gasteiger partial charge on any atom is 0.328 e. The van der Waals surface area contributed by atoms with E-state index in [0.717, 1.165) is 29.9 Å². The van der Waals surface area contributed by atoms with Crippen molar-refractivity contribution in [2.45, 2.75) is 25.8 Å². The second-order valence-electron chi connectivity index (χ2n) is 7.79. The van der Waals surface area contributed by atoms with E-state index in [9.17, 15) is 9.59 Å². The summed E-state index contributed by atoms with van der Waals surface area (Å²) in [7, 11) is 1.27. The lowest BCUT2D eigenvalue weighted by Gasteiger charge is -2.18. The zero-order chi connectivity index (χ0) is 25.2. The zero-order valence-electron chi connectivity index (χ0n) is 19.5. The van der Waals surface area contributed by atoms with Crippen LogP contribution in [0.3, 0.4) is 0 Å². The Morgan fingerprint density at radius 3 is 2.40 bits per heavy atom. The van der Waals surface area contributed by atoms with Crippen LogP contribution >= 0.6 is 23.2 Å². The zero-order valence-corrected chi connectivity index (χ0v) is 21.0. The molecule has 0 bridgehead atoms. The molecule has 3 aromatic rings. The number of hydrogen-bond acceptors (Lipinski definition) is 6. The van der Waals surface area contributed by atoms with E-state index < -0.39 is 17.9 Å². The number of ether oxygens (including phenoxy) is 2. The van der Waals surface area contributed by atoms with Crippen molar-refractivity contribution in [2.75, 3.05) is 25.6 Å². The highest BCUT2D eigenvalue weighted by Crippen LogP contribution is 2.24. The van der Waals surface area contributed by atoms with Crippen LogP contribution in [0, 0.1) is 6.92 Å². The van der Waals surface area contributed by atoms with E-state index in [0.29, 0.717) is 12.4 Å². The van der Waals surface area contributed by atoms with Crippen molar-refractivity contribution in [1.29, 1.82) is 0 Å². The molecule has 0 saturated heterocycles. The van der Waals surface area contributed by atoms with Crippen LogP contribution in [0.5, 0.6) is 5.75 Å². The Balaban J connectivity index is 1.52. The van der Waals surface area contributed by atoms with Gasteiger partial charge < -0.3 is 20.1 Å². The number of aryl methyl sites for hydroxylation is 1. The Morgan fingerprint density at radius 2 is 1.74 bits per heavy atom. The molecular formula is C26H27Cl2N3O4. The predicted molar refractivity (Wildman–Crippen MR) is 137 cm³/mol. The average molecular weight is 516 g/mol. The summed E-state index contributed by atoms with van der Waals surface area (Å²) in [5.41, 5.74) is 2.03. The van der Waals surface area contributed by atoms with Gasteiger partial charge in [0.05, 0.1) is 29.3 Å². The molecule has 9 heteroatoms. The summed E-state index contributed by atoms with van der Waals surface area (Å²) in [6.07, 6.45) is 2.79. The molecule has 2 aromatic carbocycles. The Hall–Kier alpha value is -3.29. The number of anilines is 1. The average Bonchev–Trinajstić information content (AvgIpc) is 2.85. The fraction of sp³-hybridized carbons (Fsp3) is 0.269. The minimum atomic E-state index is -0.910. The summed E-state index contributed by atoms with van der Waals surface area (Å²) in [6, 6.07) is 15.1. The molecule has 1 aromatic heterocycles. The van der Waals surface area contributed by atoms with E-state index in [4.69, 9.17) is 32.7 Å². The van der Waals surface area contributed by atoms with Crippen LogP contribution in [0.25, 0.3) is 0 Å². The first-order chi connectivity index (χ1) is 16.9. The molecule has 35 heavy (non-hydrogen) atoms. The van der Waals surface area contributed by atoms with Crippen LogP contribution in [-0.4, -0.2) is 43.2 Å². The maximum atomic E-state index is 12.7. The van der Waals surface area contributed by atoms with Crippen molar-refractivity contribution < 1.29 is 19.1 Å². The van der Waals surface area contributed by atoms with Gasteiger partial charge in [-0.2, -0.15) is 0 Å². The van der Waals surface area contributed by atoms with Crippen LogP contribution in [0.15, 0.2) is 60.8 Å². The quantitative estimate of drug-likeness (QED) is 0.273. The molecule has 0 aliphatic heterocycles. The smallest absolute Gasteiger partial charge is 0.328 e. The monoisotopic (exact) mass is 515 g/mol. The molecule has 2 N–H and O–H groups in total. The Labute approximate surface area is 214 Å². The van der Waals surface area contributed by atoms with E-state index in [-0.39, 0.29) is 22.0 Å². The van der Waals surface area contributed by atoms with Crippen LogP contribution in [0.1, 0.15) is 27.9 Å². The number of esters is 1. The lowest BCUT2D eigenvalue weighted by Crippen LogP contribution is -2.43. The number of benzene rings is 2. The fourth-order valence-corrected chi connectivity index (χ4v) is 3.95. The highest BCUT2D eigenvalue weighted by molar-refractivity contribution is 6.39. The number of nitrogens with one attached hydrogen (secondary N) is 2. The van der Waals surface area contributed by atoms with Gasteiger partial charge >= 0.3 is 5.97 Å². The Bertz CT molecular complexity index is 1140. The van der Waals surface area contributed by atoms with Crippen LogP contribution in [0.4, 0.5) is 5.82 Å². The molecule has 0 unspecified atom stereocenters. The molecule has 0 aliphatic rings. The van der Waals surface area contributed by atoms with Gasteiger partial charge in [-0.15, -0.1) is 0 Å². The molecule has 1 heterocycles. The molecule has 184 valence electrons. The summed E-state index contributed by atoms with van der Waals surface area (Å²) in [5, 5.41) is 6.36. The molecule has 1 atom stereocenters. The first-order valence-corrected chi connectivity index (χ1v) is 11.8. The van der Waals surface area contributed by atoms with E-state index >= 15 is 0 Å². The molecule has 0 saturated carbocycles. The Morgan fingerprint density at radius 1 is 1.03 bits per heavy atom. The lowest BCUT2D eigenvalue weighted by molar-refractivity contribution is -0.142. The molecule has 0 spiro atoms. The van der Waals surface area contributed by atoms with Gasteiger partial charge in [0.2, 0.25) is 0 Å². The first-order valence-electron chi connectivity index (χ1n) is 11.1. The maximum absolute atomic E-state index is 12.7. The van der Waals surface area contributed by atoms with Crippen molar-refractivity contribution in [3.63, 3.8) is 0 Å². The number of nitrogens with zero attached hydrogens (tertiary/aromatic N) is 1. The predicted octanol–water partition coefficient (Wildman–Crippen LogP) is 5.09. The van der Waals surface area contributed by atoms with Gasteiger partial charge in [-0.3, -0.25) is 4.79 Å². The number of aromatic nitrogens is 1. The molecule has 3 rings (SSSR count). The van der Waals surface area contributed by atoms with Gasteiger partial charge in [-0.1, -0.05) is 47.5 Å². The molecule has 0 aliphatic carbocycles. The standard InChI is InChI=1S/C26H27Cl2N3O4/c1-17-6-4-13-29-24(17)30-14-5-15-35-19-11-9-18(10-12-19)16-22(26(33)34-2)31-25(32)23-20(27)7-3-8-21(23)28/h3-4,6-13,22H,5,14-16H2,1-2H3,(H,29,30)(H,31,32)/t22-/m0/s1. The van der Waals surface area contributed by atoms with E-state index in [1.54, 1.807) is 24.4 Å². The van der Waals surface area contributed by atoms with Gasteiger partial charge in [0.25, 0.3) is 5.91 Å². The summed E-state index contributed by atoms with van der Waals surface area (Å²) in [5.74, 6) is 0.466. The second kappa shape index (κ2) is 13.0. The van der Waals surface area contributed by atoms with Gasteiger partial charge in [-0.25, -0.2) is 9.78 Å². The highest BCUT2D eigenvalue weighted by atomic mass is 35.5. The minimum absolute atomic E-state index is 0.112. The Kier molecular flexibility index (Phi) is 9.76. The molecule has 0 fully saturated rings. The van der Waals surface area contributed by atoms with Gasteiger partial charge in [-0.05, 0) is 54.8 Å². The van der Waals surface area contributed by atoms with E-state index in [1.165, 1.54) is 7.11 Å².